The molecular formula is C12H15N5. The highest BCUT2D eigenvalue weighted by Gasteiger charge is 2.00. The van der Waals surface area contributed by atoms with Gasteiger partial charge in [-0.1, -0.05) is 0 Å². The Labute approximate surface area is 100 Å². The van der Waals surface area contributed by atoms with Gasteiger partial charge in [-0.2, -0.15) is 0 Å². The second-order valence-corrected chi connectivity index (χ2v) is 3.90. The molecule has 2 aromatic rings. The summed E-state index contributed by atoms with van der Waals surface area (Å²) in [5, 5.41) is 3.19. The summed E-state index contributed by atoms with van der Waals surface area (Å²) in [6.07, 6.45) is 3.38. The van der Waals surface area contributed by atoms with Gasteiger partial charge in [0.2, 0.25) is 0 Å². The van der Waals surface area contributed by atoms with Crippen molar-refractivity contribution in [1.82, 2.24) is 9.97 Å². The maximum Gasteiger partial charge on any atom is 0.130 e. The minimum Gasteiger partial charge on any atom is -0.397 e. The molecule has 5 nitrogen and oxygen atoms in total. The molecule has 0 spiro atoms. The average molecular weight is 229 g/mol. The second-order valence-electron chi connectivity index (χ2n) is 3.90. The molecule has 17 heavy (non-hydrogen) atoms. The lowest BCUT2D eigenvalue weighted by atomic mass is 10.3. The van der Waals surface area contributed by atoms with E-state index in [1.165, 1.54) is 0 Å². The van der Waals surface area contributed by atoms with Gasteiger partial charge in [0.25, 0.3) is 0 Å². The highest BCUT2D eigenvalue weighted by molar-refractivity contribution is 5.60. The minimum atomic E-state index is 0.652. The van der Waals surface area contributed by atoms with Crippen LogP contribution in [0.3, 0.4) is 0 Å². The Morgan fingerprint density at radius 3 is 2.65 bits per heavy atom. The normalized spacial score (nSPS) is 10.0. The summed E-state index contributed by atoms with van der Waals surface area (Å²) in [5.74, 6) is 1.65. The van der Waals surface area contributed by atoms with E-state index >= 15 is 0 Å². The van der Waals surface area contributed by atoms with Crippen LogP contribution in [0.15, 0.2) is 36.7 Å². The molecule has 0 aromatic carbocycles. The number of nitrogen functional groups attached to an aromatic ring is 1. The Balaban J connectivity index is 2.18. The molecule has 0 unspecified atom stereocenters. The van der Waals surface area contributed by atoms with Gasteiger partial charge in [-0.05, 0) is 18.2 Å². The standard InChI is InChI=1S/C12H15N5/c1-17(2)12-7-10(5-6-14-12)16-11-4-3-9(13)8-15-11/h3-8H,13H2,1-2H3,(H,14,15,16). The van der Waals surface area contributed by atoms with Crippen LogP contribution in [0, 0.1) is 0 Å². The van der Waals surface area contributed by atoms with Crippen LogP contribution in [-0.4, -0.2) is 24.1 Å². The maximum atomic E-state index is 5.58. The summed E-state index contributed by atoms with van der Waals surface area (Å²) in [6.45, 7) is 0. The SMILES string of the molecule is CN(C)c1cc(Nc2ccc(N)cn2)ccn1. The largest absolute Gasteiger partial charge is 0.397 e. The van der Waals surface area contributed by atoms with Crippen LogP contribution in [0.2, 0.25) is 0 Å². The number of hydrogen-bond donors (Lipinski definition) is 2. The third-order valence-electron chi connectivity index (χ3n) is 2.26. The van der Waals surface area contributed by atoms with Crippen LogP contribution in [0.5, 0.6) is 0 Å². The van der Waals surface area contributed by atoms with E-state index in [1.54, 1.807) is 12.4 Å². The zero-order valence-electron chi connectivity index (χ0n) is 9.88. The molecule has 2 rings (SSSR count). The number of nitrogens with two attached hydrogens (primary N) is 1. The number of pyridine rings is 2. The molecule has 3 N–H and O–H groups in total. The van der Waals surface area contributed by atoms with Crippen LogP contribution >= 0.6 is 0 Å². The highest BCUT2D eigenvalue weighted by Crippen LogP contribution is 2.18. The lowest BCUT2D eigenvalue weighted by Crippen LogP contribution is -2.10. The van der Waals surface area contributed by atoms with Gasteiger partial charge in [0, 0.05) is 32.0 Å². The van der Waals surface area contributed by atoms with Gasteiger partial charge in [0.15, 0.2) is 0 Å². The smallest absolute Gasteiger partial charge is 0.130 e. The number of nitrogens with one attached hydrogen (secondary N) is 1. The minimum absolute atomic E-state index is 0.652. The van der Waals surface area contributed by atoms with Crippen molar-refractivity contribution in [2.24, 2.45) is 0 Å². The fourth-order valence-corrected chi connectivity index (χ4v) is 1.37. The molecule has 5 heteroatoms. The molecule has 2 heterocycles. The molecule has 0 aliphatic carbocycles. The molecule has 0 aliphatic heterocycles. The zero-order valence-corrected chi connectivity index (χ0v) is 9.88. The first-order valence-electron chi connectivity index (χ1n) is 5.27. The van der Waals surface area contributed by atoms with Crippen molar-refractivity contribution in [2.75, 3.05) is 30.0 Å². The molecule has 0 amide bonds. The summed E-state index contributed by atoms with van der Waals surface area (Å²) in [4.78, 5) is 10.4. The van der Waals surface area contributed by atoms with E-state index in [2.05, 4.69) is 15.3 Å². The number of rotatable bonds is 3. The Morgan fingerprint density at radius 1 is 1.18 bits per heavy atom. The van der Waals surface area contributed by atoms with Crippen LogP contribution in [0.25, 0.3) is 0 Å². The summed E-state index contributed by atoms with van der Waals surface area (Å²) in [6, 6.07) is 7.50. The van der Waals surface area contributed by atoms with E-state index in [0.29, 0.717) is 5.69 Å². The molecular weight excluding hydrogens is 214 g/mol. The Hall–Kier alpha value is -2.30. The van der Waals surface area contributed by atoms with E-state index in [9.17, 15) is 0 Å². The average Bonchev–Trinajstić information content (AvgIpc) is 2.32. The third-order valence-corrected chi connectivity index (χ3v) is 2.26. The number of hydrogen-bond acceptors (Lipinski definition) is 5. The Bertz CT molecular complexity index is 493. The molecule has 0 fully saturated rings. The molecule has 0 saturated heterocycles. The predicted octanol–water partition coefficient (Wildman–Crippen LogP) is 1.87. The van der Waals surface area contributed by atoms with E-state index in [1.807, 2.05) is 43.3 Å². The summed E-state index contributed by atoms with van der Waals surface area (Å²) >= 11 is 0. The van der Waals surface area contributed by atoms with Gasteiger partial charge in [0.1, 0.15) is 11.6 Å². The van der Waals surface area contributed by atoms with Crippen molar-refractivity contribution in [3.05, 3.63) is 36.7 Å². The van der Waals surface area contributed by atoms with Gasteiger partial charge >= 0.3 is 0 Å². The fourth-order valence-electron chi connectivity index (χ4n) is 1.37. The molecule has 0 radical (unpaired) electrons. The fraction of sp³-hybridized carbons (Fsp3) is 0.167. The van der Waals surface area contributed by atoms with Crippen LogP contribution in [-0.2, 0) is 0 Å². The van der Waals surface area contributed by atoms with Crippen LogP contribution < -0.4 is 16.0 Å². The van der Waals surface area contributed by atoms with E-state index in [4.69, 9.17) is 5.73 Å². The second kappa shape index (κ2) is 4.69. The summed E-state index contributed by atoms with van der Waals surface area (Å²) in [5.41, 5.74) is 7.17. The lowest BCUT2D eigenvalue weighted by molar-refractivity contribution is 1.07. The first-order chi connectivity index (χ1) is 8.15. The quantitative estimate of drug-likeness (QED) is 0.841. The Kier molecular flexibility index (Phi) is 3.09. The topological polar surface area (TPSA) is 67.1 Å². The van der Waals surface area contributed by atoms with Gasteiger partial charge in [0.05, 0.1) is 11.9 Å². The van der Waals surface area contributed by atoms with Gasteiger partial charge in [-0.15, -0.1) is 0 Å². The first-order valence-corrected chi connectivity index (χ1v) is 5.27. The molecule has 88 valence electrons. The summed E-state index contributed by atoms with van der Waals surface area (Å²) in [7, 11) is 3.90. The van der Waals surface area contributed by atoms with Crippen molar-refractivity contribution in [3.8, 4) is 0 Å². The van der Waals surface area contributed by atoms with Gasteiger partial charge in [-0.25, -0.2) is 9.97 Å². The van der Waals surface area contributed by atoms with E-state index < -0.39 is 0 Å². The van der Waals surface area contributed by atoms with E-state index in [-0.39, 0.29) is 0 Å². The van der Waals surface area contributed by atoms with Crippen LogP contribution in [0.1, 0.15) is 0 Å². The molecule has 0 atom stereocenters. The molecule has 2 aromatic heterocycles. The number of anilines is 4. The predicted molar refractivity (Wildman–Crippen MR) is 70.5 cm³/mol. The van der Waals surface area contributed by atoms with Gasteiger partial charge < -0.3 is 16.0 Å². The number of aromatic nitrogens is 2. The van der Waals surface area contributed by atoms with Gasteiger partial charge in [-0.3, -0.25) is 0 Å². The third kappa shape index (κ3) is 2.84. The molecule has 0 aliphatic rings. The highest BCUT2D eigenvalue weighted by atomic mass is 15.1. The lowest BCUT2D eigenvalue weighted by Gasteiger charge is -2.12. The van der Waals surface area contributed by atoms with Crippen molar-refractivity contribution in [1.29, 1.82) is 0 Å². The maximum absolute atomic E-state index is 5.58. The summed E-state index contributed by atoms with van der Waals surface area (Å²) < 4.78 is 0. The van der Waals surface area contributed by atoms with Crippen molar-refractivity contribution >= 4 is 23.0 Å². The van der Waals surface area contributed by atoms with Crippen molar-refractivity contribution < 1.29 is 0 Å². The van der Waals surface area contributed by atoms with Crippen LogP contribution in [0.4, 0.5) is 23.0 Å². The molecule has 0 saturated carbocycles. The number of nitrogens with zero attached hydrogens (tertiary/aromatic N) is 3. The zero-order chi connectivity index (χ0) is 12.3. The van der Waals surface area contributed by atoms with E-state index in [0.717, 1.165) is 17.3 Å². The van der Waals surface area contributed by atoms with Crippen molar-refractivity contribution in [2.45, 2.75) is 0 Å². The Morgan fingerprint density at radius 2 is 2.00 bits per heavy atom. The molecule has 0 bridgehead atoms. The first kappa shape index (κ1) is 11.2. The van der Waals surface area contributed by atoms with Crippen molar-refractivity contribution in [3.63, 3.8) is 0 Å². The monoisotopic (exact) mass is 229 g/mol.